The van der Waals surface area contributed by atoms with E-state index in [-0.39, 0.29) is 5.69 Å². The summed E-state index contributed by atoms with van der Waals surface area (Å²) < 4.78 is 28.3. The highest BCUT2D eigenvalue weighted by Gasteiger charge is 2.17. The molecule has 0 saturated carbocycles. The van der Waals surface area contributed by atoms with Gasteiger partial charge in [-0.1, -0.05) is 0 Å². The third-order valence-electron chi connectivity index (χ3n) is 5.06. The van der Waals surface area contributed by atoms with Crippen LogP contribution >= 0.6 is 0 Å². The number of nitrogens with zero attached hydrogens (tertiary/aromatic N) is 5. The van der Waals surface area contributed by atoms with Crippen LogP contribution in [0, 0.1) is 0 Å². The number of aromatic amines is 1. The number of imidazole rings is 1. The van der Waals surface area contributed by atoms with E-state index in [2.05, 4.69) is 25.4 Å². The predicted octanol–water partition coefficient (Wildman–Crippen LogP) is 3.27. The number of halogens is 2. The molecule has 10 heteroatoms. The lowest BCUT2D eigenvalue weighted by molar-refractivity contribution is 0.0886. The number of hydrogen-bond donors (Lipinski definition) is 2. The van der Waals surface area contributed by atoms with Crippen molar-refractivity contribution in [2.75, 3.05) is 6.54 Å². The third-order valence-corrected chi connectivity index (χ3v) is 5.06. The summed E-state index contributed by atoms with van der Waals surface area (Å²) in [5.41, 5.74) is 5.06. The van der Waals surface area contributed by atoms with Crippen molar-refractivity contribution in [1.29, 1.82) is 0 Å². The first kappa shape index (κ1) is 18.9. The summed E-state index contributed by atoms with van der Waals surface area (Å²) in [5, 5.41) is 7.39. The molecule has 0 bridgehead atoms. The lowest BCUT2D eigenvalue weighted by atomic mass is 10.0. The minimum atomic E-state index is -2.62. The first-order valence-electron chi connectivity index (χ1n) is 9.50. The number of aromatic nitrogens is 6. The van der Waals surface area contributed by atoms with E-state index in [0.29, 0.717) is 5.65 Å². The monoisotopic (exact) mass is 421 g/mol. The standard InChI is InChI=1S/C21H17F2N7O/c1-29-10-13(6-28-29)14-4-5-24-20-19(14)15(7-26-20)12-2-3-18-25-8-16(30(18)11-12)21(31)27-9-17(22)23/h2-8,10-11,17H,9H2,1H3,(H,24,26)(H,27,31). The van der Waals surface area contributed by atoms with Gasteiger partial charge >= 0.3 is 0 Å². The number of hydrogen-bond acceptors (Lipinski definition) is 4. The van der Waals surface area contributed by atoms with E-state index in [4.69, 9.17) is 0 Å². The van der Waals surface area contributed by atoms with Gasteiger partial charge in [-0.15, -0.1) is 0 Å². The molecule has 0 atom stereocenters. The van der Waals surface area contributed by atoms with Crippen LogP contribution in [0.3, 0.4) is 0 Å². The van der Waals surface area contributed by atoms with E-state index in [1.165, 1.54) is 6.20 Å². The Bertz CT molecular complexity index is 1420. The molecule has 5 heterocycles. The zero-order valence-corrected chi connectivity index (χ0v) is 16.4. The van der Waals surface area contributed by atoms with E-state index in [0.717, 1.165) is 33.3 Å². The summed E-state index contributed by atoms with van der Waals surface area (Å²) in [5.74, 6) is -0.610. The Hall–Kier alpha value is -4.08. The molecule has 5 aromatic rings. The zero-order chi connectivity index (χ0) is 21.5. The van der Waals surface area contributed by atoms with Gasteiger partial charge in [-0.2, -0.15) is 5.10 Å². The molecule has 0 radical (unpaired) electrons. The van der Waals surface area contributed by atoms with Gasteiger partial charge in [0.25, 0.3) is 12.3 Å². The van der Waals surface area contributed by atoms with Gasteiger partial charge in [-0.3, -0.25) is 13.9 Å². The second kappa shape index (κ2) is 7.31. The predicted molar refractivity (Wildman–Crippen MR) is 111 cm³/mol. The van der Waals surface area contributed by atoms with E-state index < -0.39 is 18.9 Å². The number of pyridine rings is 2. The topological polar surface area (TPSA) is 92.9 Å². The summed E-state index contributed by atoms with van der Waals surface area (Å²) in [6.07, 6.45) is 7.82. The molecular formula is C21H17F2N7O. The van der Waals surface area contributed by atoms with Gasteiger partial charge in [0.2, 0.25) is 0 Å². The van der Waals surface area contributed by atoms with Gasteiger partial charge in [-0.25, -0.2) is 18.7 Å². The Labute approximate surface area is 174 Å². The van der Waals surface area contributed by atoms with Crippen molar-refractivity contribution < 1.29 is 13.6 Å². The highest BCUT2D eigenvalue weighted by atomic mass is 19.3. The smallest absolute Gasteiger partial charge is 0.270 e. The average molecular weight is 421 g/mol. The van der Waals surface area contributed by atoms with Gasteiger partial charge in [0, 0.05) is 53.9 Å². The SMILES string of the molecule is Cn1cc(-c2ccnc3[nH]cc(-c4ccc5ncc(C(=O)NCC(F)F)n5c4)c23)cn1. The minimum Gasteiger partial charge on any atom is -0.345 e. The molecule has 0 aromatic carbocycles. The number of rotatable bonds is 5. The summed E-state index contributed by atoms with van der Waals surface area (Å²) >= 11 is 0. The maximum atomic E-state index is 12.5. The van der Waals surface area contributed by atoms with Crippen LogP contribution in [0.5, 0.6) is 0 Å². The molecule has 1 amide bonds. The normalized spacial score (nSPS) is 11.6. The lowest BCUT2D eigenvalue weighted by Crippen LogP contribution is -2.29. The molecule has 0 aliphatic carbocycles. The molecule has 0 aliphatic heterocycles. The van der Waals surface area contributed by atoms with E-state index in [9.17, 15) is 13.6 Å². The number of carbonyl (C=O) groups is 1. The van der Waals surface area contributed by atoms with Gasteiger partial charge in [0.1, 0.15) is 17.0 Å². The van der Waals surface area contributed by atoms with Gasteiger partial charge in [0.05, 0.1) is 18.9 Å². The fraction of sp³-hybridized carbons (Fsp3) is 0.143. The molecule has 156 valence electrons. The van der Waals surface area contributed by atoms with Gasteiger partial charge in [0.15, 0.2) is 0 Å². The van der Waals surface area contributed by atoms with Crippen molar-refractivity contribution in [3.63, 3.8) is 0 Å². The third kappa shape index (κ3) is 3.31. The number of nitrogens with one attached hydrogen (secondary N) is 2. The summed E-state index contributed by atoms with van der Waals surface area (Å²) in [7, 11) is 1.85. The molecule has 0 aliphatic rings. The molecule has 5 aromatic heterocycles. The summed E-state index contributed by atoms with van der Waals surface area (Å²) in [6.45, 7) is -0.714. The second-order valence-electron chi connectivity index (χ2n) is 7.08. The molecule has 5 rings (SSSR count). The molecule has 0 saturated heterocycles. The van der Waals surface area contributed by atoms with Gasteiger partial charge in [-0.05, 0) is 23.8 Å². The summed E-state index contributed by atoms with van der Waals surface area (Å²) in [6, 6.07) is 5.60. The van der Waals surface area contributed by atoms with Crippen LogP contribution in [0.2, 0.25) is 0 Å². The fourth-order valence-electron chi connectivity index (χ4n) is 3.65. The minimum absolute atomic E-state index is 0.183. The fourth-order valence-corrected chi connectivity index (χ4v) is 3.65. The number of fused-ring (bicyclic) bond motifs is 2. The van der Waals surface area contributed by atoms with Crippen molar-refractivity contribution in [1.82, 2.24) is 34.4 Å². The van der Waals surface area contributed by atoms with Crippen LogP contribution in [0.25, 0.3) is 38.9 Å². The highest BCUT2D eigenvalue weighted by molar-refractivity contribution is 6.04. The van der Waals surface area contributed by atoms with Crippen molar-refractivity contribution >= 4 is 22.6 Å². The number of H-pyrrole nitrogens is 1. The first-order valence-corrected chi connectivity index (χ1v) is 9.50. The maximum Gasteiger partial charge on any atom is 0.270 e. The van der Waals surface area contributed by atoms with Crippen LogP contribution in [0.4, 0.5) is 8.78 Å². The Balaban J connectivity index is 1.63. The molecule has 2 N–H and O–H groups in total. The van der Waals surface area contributed by atoms with E-state index in [1.807, 2.05) is 31.6 Å². The van der Waals surface area contributed by atoms with Crippen LogP contribution in [-0.2, 0) is 7.05 Å². The highest BCUT2D eigenvalue weighted by Crippen LogP contribution is 2.35. The van der Waals surface area contributed by atoms with Crippen LogP contribution < -0.4 is 5.32 Å². The summed E-state index contributed by atoms with van der Waals surface area (Å²) in [4.78, 5) is 24.2. The van der Waals surface area contributed by atoms with Crippen LogP contribution in [0.1, 0.15) is 10.5 Å². The molecule has 8 nitrogen and oxygen atoms in total. The Morgan fingerprint density at radius 1 is 1.13 bits per heavy atom. The number of carbonyl (C=O) groups excluding carboxylic acids is 1. The number of aryl methyl sites for hydroxylation is 1. The first-order chi connectivity index (χ1) is 15.0. The van der Waals surface area contributed by atoms with Crippen molar-refractivity contribution in [2.45, 2.75) is 6.43 Å². The number of alkyl halides is 2. The largest absolute Gasteiger partial charge is 0.345 e. The average Bonchev–Trinajstić information content (AvgIpc) is 3.49. The van der Waals surface area contributed by atoms with E-state index >= 15 is 0 Å². The zero-order valence-electron chi connectivity index (χ0n) is 16.4. The molecular weight excluding hydrogens is 404 g/mol. The van der Waals surface area contributed by atoms with Crippen molar-refractivity contribution in [3.8, 4) is 22.3 Å². The molecule has 0 spiro atoms. The maximum absolute atomic E-state index is 12.5. The number of amides is 1. The Morgan fingerprint density at radius 3 is 2.77 bits per heavy atom. The Kier molecular flexibility index (Phi) is 4.46. The second-order valence-corrected chi connectivity index (χ2v) is 7.08. The van der Waals surface area contributed by atoms with Crippen LogP contribution in [0.15, 0.2) is 55.4 Å². The van der Waals surface area contributed by atoms with Crippen molar-refractivity contribution in [2.24, 2.45) is 7.05 Å². The molecule has 0 unspecified atom stereocenters. The lowest BCUT2D eigenvalue weighted by Gasteiger charge is -2.07. The van der Waals surface area contributed by atoms with Crippen LogP contribution in [-0.4, -0.2) is 48.0 Å². The Morgan fingerprint density at radius 2 is 2.00 bits per heavy atom. The quantitative estimate of drug-likeness (QED) is 0.456. The van der Waals surface area contributed by atoms with E-state index in [1.54, 1.807) is 33.7 Å². The van der Waals surface area contributed by atoms with Crippen molar-refractivity contribution in [3.05, 3.63) is 61.1 Å². The molecule has 31 heavy (non-hydrogen) atoms. The van der Waals surface area contributed by atoms with Gasteiger partial charge < -0.3 is 10.3 Å². The molecule has 0 fully saturated rings.